The van der Waals surface area contributed by atoms with Crippen LogP contribution in [0.15, 0.2) is 0 Å². The Morgan fingerprint density at radius 3 is 1.33 bits per heavy atom. The fourth-order valence-corrected chi connectivity index (χ4v) is 0. The number of carbonyl (C=O) groups is 1. The van der Waals surface area contributed by atoms with E-state index in [2.05, 4.69) is 0 Å². The second kappa shape index (κ2) is 9.53. The third-order valence-electron chi connectivity index (χ3n) is 0. The van der Waals surface area contributed by atoms with Gasteiger partial charge in [0.1, 0.15) is 0 Å². The van der Waals surface area contributed by atoms with E-state index in [1.165, 1.54) is 0 Å². The van der Waals surface area contributed by atoms with E-state index in [9.17, 15) is 0 Å². The van der Waals surface area contributed by atoms with Gasteiger partial charge in [0.05, 0.1) is 0 Å². The summed E-state index contributed by atoms with van der Waals surface area (Å²) in [4.78, 5) is 8.56. The molecule has 0 atom stereocenters. The van der Waals surface area contributed by atoms with Gasteiger partial charge in [-0.2, -0.15) is 0 Å². The van der Waals surface area contributed by atoms with E-state index in [0.29, 0.717) is 0 Å². The maximum absolute atomic E-state index is 8.56. The van der Waals surface area contributed by atoms with E-state index in [4.69, 9.17) is 15.0 Å². The zero-order chi connectivity index (χ0) is 3.58. The molecule has 30 valence electrons. The zero-order valence-corrected chi connectivity index (χ0v) is 5.44. The quantitative estimate of drug-likeness (QED) is 0.533. The Hall–Kier alpha value is 1.24. The number of hydrogen-bond donors (Lipinski definition) is 2. The molecule has 0 aliphatic heterocycles. The third-order valence-corrected chi connectivity index (χ3v) is 0. The summed E-state index contributed by atoms with van der Waals surface area (Å²) in [6, 6.07) is 0. The van der Waals surface area contributed by atoms with Crippen LogP contribution in [0.25, 0.3) is 0 Å². The van der Waals surface area contributed by atoms with Crippen molar-refractivity contribution in [1.29, 1.82) is 0 Å². The fraction of sp³-hybridized carbons (Fsp3) is 0. The van der Waals surface area contributed by atoms with Gasteiger partial charge in [-0.25, -0.2) is 4.79 Å². The topological polar surface area (TPSA) is 57.5 Å². The van der Waals surface area contributed by atoms with Gasteiger partial charge in [-0.05, 0) is 0 Å². The van der Waals surface area contributed by atoms with Gasteiger partial charge in [0.15, 0.2) is 0 Å². The molecule has 3 nitrogen and oxygen atoms in total. The van der Waals surface area contributed by atoms with Crippen LogP contribution in [0.1, 0.15) is 0 Å². The van der Waals surface area contributed by atoms with Crippen LogP contribution in [0, 0.1) is 41.7 Å². The van der Waals surface area contributed by atoms with Crippen molar-refractivity contribution >= 4 is 25.0 Å². The first-order valence-electron chi connectivity index (χ1n) is 0.651. The first kappa shape index (κ1) is 15.7. The van der Waals surface area contributed by atoms with Crippen molar-refractivity contribution in [3.05, 3.63) is 0 Å². The van der Waals surface area contributed by atoms with Crippen molar-refractivity contribution in [2.24, 2.45) is 0 Å². The normalized spacial score (nSPS) is 4.00. The van der Waals surface area contributed by atoms with E-state index < -0.39 is 6.16 Å². The molecule has 6 heavy (non-hydrogen) atoms. The molecule has 0 saturated carbocycles. The molecule has 0 saturated heterocycles. The average Bonchev–Trinajstić information content (AvgIpc) is 0.811. The minimum atomic E-state index is -1.83. The molecule has 0 unspecified atom stereocenters. The van der Waals surface area contributed by atoms with Crippen LogP contribution in [-0.4, -0.2) is 35.2 Å². The Morgan fingerprint density at radius 1 is 1.33 bits per heavy atom. The Labute approximate surface area is 80.7 Å². The van der Waals surface area contributed by atoms with Gasteiger partial charge in [0.25, 0.3) is 0 Å². The molecule has 0 aromatic carbocycles. The molecule has 0 aromatic rings. The van der Waals surface area contributed by atoms with Gasteiger partial charge in [0, 0.05) is 41.7 Å². The summed E-state index contributed by atoms with van der Waals surface area (Å²) in [5, 5.41) is 13.9. The SMILES string of the molecule is O=C(O)O.[Ce].[LiH]. The van der Waals surface area contributed by atoms with Gasteiger partial charge in [-0.15, -0.1) is 0 Å². The second-order valence-electron chi connectivity index (χ2n) is 0.283. The first-order chi connectivity index (χ1) is 1.73. The Morgan fingerprint density at radius 2 is 1.33 bits per heavy atom. The number of hydrogen-bond acceptors (Lipinski definition) is 1. The van der Waals surface area contributed by atoms with Crippen molar-refractivity contribution in [2.45, 2.75) is 0 Å². The molecular weight excluding hydrogens is 207 g/mol. The standard InChI is InChI=1S/CH2O3.Ce.Li.H/c2-1(3)4;;;/h(H2,2,3,4);;;. The Bertz CT molecular complexity index is 33.8. The zero-order valence-electron chi connectivity index (χ0n) is 2.30. The predicted molar refractivity (Wildman–Crippen MR) is 17.8 cm³/mol. The van der Waals surface area contributed by atoms with Crippen molar-refractivity contribution < 1.29 is 56.8 Å². The summed E-state index contributed by atoms with van der Waals surface area (Å²) >= 11 is 0. The molecule has 0 rings (SSSR count). The minimum absolute atomic E-state index is 0. The van der Waals surface area contributed by atoms with E-state index in [0.717, 1.165) is 0 Å². The van der Waals surface area contributed by atoms with Crippen molar-refractivity contribution in [1.82, 2.24) is 0 Å². The van der Waals surface area contributed by atoms with Crippen molar-refractivity contribution in [3.63, 3.8) is 0 Å². The summed E-state index contributed by atoms with van der Waals surface area (Å²) in [6.07, 6.45) is -1.83. The van der Waals surface area contributed by atoms with Crippen LogP contribution >= 0.6 is 0 Å². The third kappa shape index (κ3) is 61.0. The molecule has 5 heteroatoms. The summed E-state index contributed by atoms with van der Waals surface area (Å²) in [5.74, 6) is 0. The molecule has 2 N–H and O–H groups in total. The predicted octanol–water partition coefficient (Wildman–Crippen LogP) is -0.426. The van der Waals surface area contributed by atoms with Crippen LogP contribution in [0.3, 0.4) is 0 Å². The number of rotatable bonds is 0. The van der Waals surface area contributed by atoms with Gasteiger partial charge in [-0.1, -0.05) is 0 Å². The Balaban J connectivity index is -0.0000000450. The van der Waals surface area contributed by atoms with Crippen LogP contribution in [0.2, 0.25) is 0 Å². The fourth-order valence-electron chi connectivity index (χ4n) is 0. The molecule has 0 spiro atoms. The van der Waals surface area contributed by atoms with E-state index >= 15 is 0 Å². The molecule has 0 fully saturated rings. The molecule has 0 aliphatic rings. The van der Waals surface area contributed by atoms with Crippen LogP contribution in [-0.2, 0) is 0 Å². The summed E-state index contributed by atoms with van der Waals surface area (Å²) in [7, 11) is 0. The summed E-state index contributed by atoms with van der Waals surface area (Å²) in [5.41, 5.74) is 0. The van der Waals surface area contributed by atoms with E-state index in [1.54, 1.807) is 0 Å². The second-order valence-corrected chi connectivity index (χ2v) is 0.283. The van der Waals surface area contributed by atoms with Crippen LogP contribution < -0.4 is 0 Å². The monoisotopic (exact) mass is 210 g/mol. The van der Waals surface area contributed by atoms with Gasteiger partial charge >= 0.3 is 25.0 Å². The van der Waals surface area contributed by atoms with Gasteiger partial charge in [0.2, 0.25) is 0 Å². The Kier molecular flexibility index (Phi) is 24.9. The molecular formula is CH3CeLiO3. The van der Waals surface area contributed by atoms with E-state index in [-0.39, 0.29) is 60.6 Å². The summed E-state index contributed by atoms with van der Waals surface area (Å²) < 4.78 is 0. The summed E-state index contributed by atoms with van der Waals surface area (Å²) in [6.45, 7) is 0. The average molecular weight is 210 g/mol. The number of carboxylic acid groups (broad SMARTS) is 2. The molecule has 0 aromatic heterocycles. The molecule has 0 radical (unpaired) electrons. The van der Waals surface area contributed by atoms with Crippen LogP contribution in [0.4, 0.5) is 4.79 Å². The first-order valence-corrected chi connectivity index (χ1v) is 0.651. The molecule has 0 heterocycles. The molecule has 0 amide bonds. The molecule has 0 bridgehead atoms. The van der Waals surface area contributed by atoms with Crippen LogP contribution in [0.5, 0.6) is 0 Å². The van der Waals surface area contributed by atoms with Crippen molar-refractivity contribution in [2.75, 3.05) is 0 Å². The molecule has 0 aliphatic carbocycles. The van der Waals surface area contributed by atoms with Gasteiger partial charge in [-0.3, -0.25) is 0 Å². The van der Waals surface area contributed by atoms with Gasteiger partial charge < -0.3 is 10.2 Å². The maximum atomic E-state index is 8.56. The van der Waals surface area contributed by atoms with Crippen molar-refractivity contribution in [3.8, 4) is 0 Å². The van der Waals surface area contributed by atoms with E-state index in [1.807, 2.05) is 0 Å².